The van der Waals surface area contributed by atoms with Crippen LogP contribution in [0.3, 0.4) is 0 Å². The highest BCUT2D eigenvalue weighted by atomic mass is 32.1. The Morgan fingerprint density at radius 3 is 1.62 bits per heavy atom. The third-order valence-electron chi connectivity index (χ3n) is 5.43. The van der Waals surface area contributed by atoms with Crippen LogP contribution in [-0.4, -0.2) is 9.97 Å². The number of aromatic nitrogens is 2. The molecule has 0 saturated heterocycles. The van der Waals surface area contributed by atoms with Crippen LogP contribution in [0.5, 0.6) is 0 Å². The first-order valence-electron chi connectivity index (χ1n) is 9.33. The van der Waals surface area contributed by atoms with Crippen molar-refractivity contribution in [1.82, 2.24) is 9.97 Å². The van der Waals surface area contributed by atoms with E-state index in [1.807, 2.05) is 11.3 Å². The van der Waals surface area contributed by atoms with Crippen molar-refractivity contribution in [2.45, 2.75) is 0 Å². The summed E-state index contributed by atoms with van der Waals surface area (Å²) in [7, 11) is 0. The second kappa shape index (κ2) is 5.83. The van der Waals surface area contributed by atoms with Crippen LogP contribution in [0.2, 0.25) is 0 Å². The van der Waals surface area contributed by atoms with Gasteiger partial charge in [0, 0.05) is 26.3 Å². The minimum atomic E-state index is 1.01. The molecule has 29 heavy (non-hydrogen) atoms. The van der Waals surface area contributed by atoms with E-state index >= 15 is 0 Å². The Kier molecular flexibility index (Phi) is 3.21. The molecule has 0 atom stereocenters. The number of benzene rings is 2. The Morgan fingerprint density at radius 2 is 1.14 bits per heavy atom. The van der Waals surface area contributed by atoms with Gasteiger partial charge in [-0.2, -0.15) is 0 Å². The molecule has 2 nitrogen and oxygen atoms in total. The molecule has 0 bridgehead atoms. The van der Waals surface area contributed by atoms with Gasteiger partial charge in [-0.15, -0.1) is 34.0 Å². The van der Waals surface area contributed by atoms with E-state index in [4.69, 9.17) is 9.97 Å². The van der Waals surface area contributed by atoms with Crippen molar-refractivity contribution >= 4 is 55.8 Å². The summed E-state index contributed by atoms with van der Waals surface area (Å²) in [5.41, 5.74) is 6.45. The molecule has 4 aromatic heterocycles. The van der Waals surface area contributed by atoms with Crippen LogP contribution in [0, 0.1) is 0 Å². The normalized spacial score (nSPS) is 12.1. The van der Waals surface area contributed by atoms with Gasteiger partial charge in [0.25, 0.3) is 0 Å². The summed E-state index contributed by atoms with van der Waals surface area (Å²) in [6.45, 7) is 0. The fourth-order valence-electron chi connectivity index (χ4n) is 4.21. The molecule has 0 unspecified atom stereocenters. The minimum Gasteiger partial charge on any atom is -0.242 e. The average Bonchev–Trinajstić information content (AvgIpc) is 3.54. The Hall–Kier alpha value is -2.86. The molecular formula is C24H12N2S3. The summed E-state index contributed by atoms with van der Waals surface area (Å²) in [6.07, 6.45) is 0. The zero-order valence-electron chi connectivity index (χ0n) is 15.0. The lowest BCUT2D eigenvalue weighted by molar-refractivity contribution is 1.33. The number of hydrogen-bond acceptors (Lipinski definition) is 5. The summed E-state index contributed by atoms with van der Waals surface area (Å²) < 4.78 is 0. The minimum absolute atomic E-state index is 1.01. The summed E-state index contributed by atoms with van der Waals surface area (Å²) in [5, 5.41) is 6.78. The molecule has 7 rings (SSSR count). The molecule has 136 valence electrons. The van der Waals surface area contributed by atoms with Gasteiger partial charge >= 0.3 is 0 Å². The Bertz CT molecular complexity index is 1430. The standard InChI is InChI=1S/C24H12N2S3/c1-5-13-6-2-8-15-18(13)14(7-1)19-20(15)26-22-21(25-19)23(16-9-3-11-27-16)29-24(22)17-10-4-12-28-17/h1-12H. The molecule has 6 aromatic rings. The lowest BCUT2D eigenvalue weighted by atomic mass is 10.0. The molecular weight excluding hydrogens is 412 g/mol. The van der Waals surface area contributed by atoms with Crippen molar-refractivity contribution in [3.8, 4) is 42.0 Å². The quantitative estimate of drug-likeness (QED) is 0.281. The van der Waals surface area contributed by atoms with Gasteiger partial charge in [0.05, 0.1) is 21.1 Å². The van der Waals surface area contributed by atoms with Gasteiger partial charge in [-0.25, -0.2) is 9.97 Å². The molecule has 0 aliphatic heterocycles. The van der Waals surface area contributed by atoms with Crippen molar-refractivity contribution in [2.24, 2.45) is 0 Å². The molecule has 1 aliphatic rings. The van der Waals surface area contributed by atoms with Gasteiger partial charge in [0.2, 0.25) is 0 Å². The van der Waals surface area contributed by atoms with Crippen LogP contribution in [0.1, 0.15) is 0 Å². The third kappa shape index (κ3) is 2.15. The second-order valence-electron chi connectivity index (χ2n) is 7.04. The number of hydrogen-bond donors (Lipinski definition) is 0. The van der Waals surface area contributed by atoms with E-state index in [1.54, 1.807) is 22.7 Å². The lowest BCUT2D eigenvalue weighted by Crippen LogP contribution is -1.89. The first-order chi connectivity index (χ1) is 14.4. The summed E-state index contributed by atoms with van der Waals surface area (Å²) >= 11 is 5.33. The summed E-state index contributed by atoms with van der Waals surface area (Å²) in [6, 6.07) is 21.5. The van der Waals surface area contributed by atoms with Crippen LogP contribution in [0.25, 0.3) is 63.8 Å². The number of thiophene rings is 3. The molecule has 2 aromatic carbocycles. The monoisotopic (exact) mass is 424 g/mol. The van der Waals surface area contributed by atoms with Crippen molar-refractivity contribution in [1.29, 1.82) is 0 Å². The fourth-order valence-corrected chi connectivity index (χ4v) is 7.10. The van der Waals surface area contributed by atoms with Crippen LogP contribution in [-0.2, 0) is 0 Å². The van der Waals surface area contributed by atoms with Crippen LogP contribution >= 0.6 is 34.0 Å². The molecule has 1 aliphatic carbocycles. The molecule has 0 radical (unpaired) electrons. The molecule has 0 N–H and O–H groups in total. The zero-order valence-corrected chi connectivity index (χ0v) is 17.5. The Labute approximate surface area is 178 Å². The zero-order chi connectivity index (χ0) is 18.9. The maximum atomic E-state index is 5.24. The first-order valence-corrected chi connectivity index (χ1v) is 11.9. The molecule has 0 saturated carbocycles. The Balaban J connectivity index is 1.63. The summed E-state index contributed by atoms with van der Waals surface area (Å²) in [4.78, 5) is 15.4. The van der Waals surface area contributed by atoms with E-state index in [-0.39, 0.29) is 0 Å². The number of fused-ring (bicyclic) bond motifs is 4. The SMILES string of the molecule is c1csc(-c2sc(-c3cccs3)c3nc4c(nc23)-c2cccc3cccc-4c23)c1. The van der Waals surface area contributed by atoms with Gasteiger partial charge in [0.15, 0.2) is 0 Å². The van der Waals surface area contributed by atoms with Gasteiger partial charge < -0.3 is 0 Å². The predicted octanol–water partition coefficient (Wildman–Crippen LogP) is 7.95. The smallest absolute Gasteiger partial charge is 0.110 e. The van der Waals surface area contributed by atoms with Gasteiger partial charge in [0.1, 0.15) is 11.0 Å². The van der Waals surface area contributed by atoms with Crippen LogP contribution in [0.15, 0.2) is 71.4 Å². The van der Waals surface area contributed by atoms with E-state index in [1.165, 1.54) is 41.4 Å². The van der Waals surface area contributed by atoms with Gasteiger partial charge in [-0.05, 0) is 28.3 Å². The van der Waals surface area contributed by atoms with Crippen LogP contribution < -0.4 is 0 Å². The van der Waals surface area contributed by atoms with E-state index in [0.29, 0.717) is 0 Å². The van der Waals surface area contributed by atoms with Gasteiger partial charge in [-0.3, -0.25) is 0 Å². The lowest BCUT2D eigenvalue weighted by Gasteiger charge is -2.03. The first kappa shape index (κ1) is 16.0. The van der Waals surface area contributed by atoms with E-state index in [0.717, 1.165) is 22.4 Å². The highest BCUT2D eigenvalue weighted by molar-refractivity contribution is 7.27. The average molecular weight is 425 g/mol. The Morgan fingerprint density at radius 1 is 0.586 bits per heavy atom. The maximum absolute atomic E-state index is 5.24. The number of nitrogens with zero attached hydrogens (tertiary/aromatic N) is 2. The van der Waals surface area contributed by atoms with Crippen molar-refractivity contribution in [2.75, 3.05) is 0 Å². The highest BCUT2D eigenvalue weighted by Crippen LogP contribution is 2.50. The van der Waals surface area contributed by atoms with Crippen molar-refractivity contribution in [3.63, 3.8) is 0 Å². The second-order valence-corrected chi connectivity index (χ2v) is 9.96. The van der Waals surface area contributed by atoms with Crippen LogP contribution in [0.4, 0.5) is 0 Å². The largest absolute Gasteiger partial charge is 0.242 e. The van der Waals surface area contributed by atoms with E-state index in [9.17, 15) is 0 Å². The molecule has 0 fully saturated rings. The maximum Gasteiger partial charge on any atom is 0.110 e. The topological polar surface area (TPSA) is 25.8 Å². The fraction of sp³-hybridized carbons (Fsp3) is 0. The van der Waals surface area contributed by atoms with Crippen molar-refractivity contribution in [3.05, 3.63) is 71.4 Å². The van der Waals surface area contributed by atoms with Crippen molar-refractivity contribution < 1.29 is 0 Å². The third-order valence-corrected chi connectivity index (χ3v) is 8.70. The summed E-state index contributed by atoms with van der Waals surface area (Å²) in [5.74, 6) is 0. The van der Waals surface area contributed by atoms with Gasteiger partial charge in [-0.1, -0.05) is 48.5 Å². The molecule has 4 heterocycles. The molecule has 0 amide bonds. The van der Waals surface area contributed by atoms with E-state index < -0.39 is 0 Å². The predicted molar refractivity (Wildman–Crippen MR) is 126 cm³/mol. The molecule has 5 heteroatoms. The van der Waals surface area contributed by atoms with E-state index in [2.05, 4.69) is 71.4 Å². The highest BCUT2D eigenvalue weighted by Gasteiger charge is 2.27. The molecule has 0 spiro atoms. The number of rotatable bonds is 2.